The van der Waals surface area contributed by atoms with E-state index < -0.39 is 5.97 Å². The summed E-state index contributed by atoms with van der Waals surface area (Å²) in [6.07, 6.45) is 16.5. The first-order valence-electron chi connectivity index (χ1n) is 11.0. The van der Waals surface area contributed by atoms with E-state index in [0.29, 0.717) is 6.42 Å². The molecule has 0 atom stereocenters. The molecule has 4 nitrogen and oxygen atoms in total. The van der Waals surface area contributed by atoms with Gasteiger partial charge in [-0.05, 0) is 24.8 Å². The van der Waals surface area contributed by atoms with Gasteiger partial charge in [0.15, 0.2) is 0 Å². The summed E-state index contributed by atoms with van der Waals surface area (Å²) < 4.78 is 4.54. The van der Waals surface area contributed by atoms with Crippen molar-refractivity contribution >= 4 is 5.97 Å². The highest BCUT2D eigenvalue weighted by Crippen LogP contribution is 2.11. The van der Waals surface area contributed by atoms with E-state index in [1.165, 1.54) is 62.8 Å². The largest absolute Gasteiger partial charge is 0.550 e. The van der Waals surface area contributed by atoms with Crippen LogP contribution in [0, 0.1) is 0 Å². The van der Waals surface area contributed by atoms with Crippen LogP contribution in [0.4, 0.5) is 0 Å². The summed E-state index contributed by atoms with van der Waals surface area (Å²) in [5.74, 6) is 0.335. The number of carbonyl (C=O) groups is 1. The molecule has 1 aromatic carbocycles. The number of benzene rings is 1. The Morgan fingerprint density at radius 3 is 2.32 bits per heavy atom. The molecule has 1 aromatic heterocycles. The molecule has 2 rings (SSSR count). The van der Waals surface area contributed by atoms with E-state index in [2.05, 4.69) is 52.7 Å². The molecule has 0 spiro atoms. The van der Waals surface area contributed by atoms with Crippen molar-refractivity contribution in [1.29, 1.82) is 0 Å². The third-order valence-corrected chi connectivity index (χ3v) is 5.32. The summed E-state index contributed by atoms with van der Waals surface area (Å²) in [6.45, 7) is 3.86. The van der Waals surface area contributed by atoms with Crippen molar-refractivity contribution in [3.63, 3.8) is 0 Å². The van der Waals surface area contributed by atoms with Gasteiger partial charge in [-0.3, -0.25) is 0 Å². The first-order valence-corrected chi connectivity index (χ1v) is 11.0. The van der Waals surface area contributed by atoms with Gasteiger partial charge in [-0.15, -0.1) is 0 Å². The zero-order chi connectivity index (χ0) is 20.0. The van der Waals surface area contributed by atoms with Crippen molar-refractivity contribution in [2.45, 2.75) is 90.6 Å². The first kappa shape index (κ1) is 22.2. The van der Waals surface area contributed by atoms with E-state index >= 15 is 0 Å². The fourth-order valence-electron chi connectivity index (χ4n) is 3.72. The molecule has 0 aliphatic rings. The molecule has 0 aliphatic heterocycles. The van der Waals surface area contributed by atoms with Crippen LogP contribution in [0.25, 0.3) is 0 Å². The van der Waals surface area contributed by atoms with Gasteiger partial charge in [0.2, 0.25) is 0 Å². The van der Waals surface area contributed by atoms with Gasteiger partial charge in [-0.1, -0.05) is 82.2 Å². The van der Waals surface area contributed by atoms with Crippen molar-refractivity contribution in [2.75, 3.05) is 0 Å². The van der Waals surface area contributed by atoms with Crippen LogP contribution in [-0.4, -0.2) is 10.5 Å². The fraction of sp³-hybridized carbons (Fsp3) is 0.583. The predicted molar refractivity (Wildman–Crippen MR) is 111 cm³/mol. The molecule has 0 bridgehead atoms. The zero-order valence-corrected chi connectivity index (χ0v) is 17.4. The lowest BCUT2D eigenvalue weighted by atomic mass is 10.1. The second-order valence-corrected chi connectivity index (χ2v) is 7.72. The highest BCUT2D eigenvalue weighted by molar-refractivity contribution is 5.64. The molecule has 0 radical (unpaired) electrons. The molecule has 0 unspecified atom stereocenters. The SMILES string of the molecule is CCCCCCCCCCc1n(CCCC(=O)[O-])cc[n+]1Cc1ccccc1. The summed E-state index contributed by atoms with van der Waals surface area (Å²) in [5.41, 5.74) is 1.29. The van der Waals surface area contributed by atoms with E-state index in [1.807, 2.05) is 6.07 Å². The van der Waals surface area contributed by atoms with Crippen LogP contribution in [0.5, 0.6) is 0 Å². The van der Waals surface area contributed by atoms with E-state index in [1.54, 1.807) is 0 Å². The van der Waals surface area contributed by atoms with Crippen LogP contribution in [0.3, 0.4) is 0 Å². The smallest absolute Gasteiger partial charge is 0.256 e. The normalized spacial score (nSPS) is 11.0. The Morgan fingerprint density at radius 2 is 1.64 bits per heavy atom. The molecule has 4 heteroatoms. The Bertz CT molecular complexity index is 679. The number of aliphatic carboxylic acids is 1. The topological polar surface area (TPSA) is 48.9 Å². The fourth-order valence-corrected chi connectivity index (χ4v) is 3.72. The summed E-state index contributed by atoms with van der Waals surface area (Å²) in [7, 11) is 0. The van der Waals surface area contributed by atoms with Crippen molar-refractivity contribution in [3.05, 3.63) is 54.1 Å². The number of nitrogens with zero attached hydrogens (tertiary/aromatic N) is 2. The van der Waals surface area contributed by atoms with Crippen molar-refractivity contribution in [3.8, 4) is 0 Å². The molecule has 2 aromatic rings. The van der Waals surface area contributed by atoms with Crippen molar-refractivity contribution in [2.24, 2.45) is 0 Å². The van der Waals surface area contributed by atoms with Gasteiger partial charge in [0.25, 0.3) is 5.82 Å². The summed E-state index contributed by atoms with van der Waals surface area (Å²) >= 11 is 0. The number of imidazole rings is 1. The molecule has 0 N–H and O–H groups in total. The highest BCUT2D eigenvalue weighted by Gasteiger charge is 2.17. The van der Waals surface area contributed by atoms with Crippen LogP contribution >= 0.6 is 0 Å². The number of aryl methyl sites for hydroxylation is 1. The molecule has 28 heavy (non-hydrogen) atoms. The zero-order valence-electron chi connectivity index (χ0n) is 17.4. The standard InChI is InChI=1S/C24H36N2O2/c1-2-3-4-5-6-7-8-12-16-23-25(18-13-17-24(27)28)19-20-26(23)21-22-14-10-9-11-15-22/h9-11,14-15,19-20H,2-8,12-13,16-18,21H2,1H3. The Balaban J connectivity index is 1.89. The second-order valence-electron chi connectivity index (χ2n) is 7.72. The Labute approximate surface area is 170 Å². The molecule has 0 fully saturated rings. The van der Waals surface area contributed by atoms with E-state index in [4.69, 9.17) is 0 Å². The lowest BCUT2D eigenvalue weighted by molar-refractivity contribution is -0.695. The lowest BCUT2D eigenvalue weighted by Crippen LogP contribution is -2.38. The molecule has 0 aliphatic carbocycles. The van der Waals surface area contributed by atoms with Gasteiger partial charge in [-0.2, -0.15) is 0 Å². The number of carbonyl (C=O) groups excluding carboxylic acids is 1. The highest BCUT2D eigenvalue weighted by atomic mass is 16.4. The van der Waals surface area contributed by atoms with Crippen molar-refractivity contribution < 1.29 is 14.5 Å². The quantitative estimate of drug-likeness (QED) is 0.344. The number of aromatic nitrogens is 2. The predicted octanol–water partition coefficient (Wildman–Crippen LogP) is 4.04. The average molecular weight is 385 g/mol. The Morgan fingerprint density at radius 1 is 0.964 bits per heavy atom. The van der Waals surface area contributed by atoms with Crippen LogP contribution < -0.4 is 9.67 Å². The number of carboxylic acids is 1. The Kier molecular flexibility index (Phi) is 10.4. The van der Waals surface area contributed by atoms with Crippen LogP contribution in [0.15, 0.2) is 42.7 Å². The molecule has 0 saturated carbocycles. The molecular formula is C24H36N2O2. The lowest BCUT2D eigenvalue weighted by Gasteiger charge is -2.07. The van der Waals surface area contributed by atoms with Gasteiger partial charge in [-0.25, -0.2) is 9.13 Å². The van der Waals surface area contributed by atoms with Crippen molar-refractivity contribution in [1.82, 2.24) is 4.57 Å². The minimum atomic E-state index is -0.964. The number of rotatable bonds is 15. The van der Waals surface area contributed by atoms with E-state index in [0.717, 1.165) is 19.5 Å². The summed E-state index contributed by atoms with van der Waals surface area (Å²) in [4.78, 5) is 10.7. The minimum Gasteiger partial charge on any atom is -0.550 e. The minimum absolute atomic E-state index is 0.119. The number of carboxylic acid groups (broad SMARTS) is 1. The number of unbranched alkanes of at least 4 members (excludes halogenated alkanes) is 7. The molecule has 1 heterocycles. The maximum absolute atomic E-state index is 10.7. The van der Waals surface area contributed by atoms with Gasteiger partial charge in [0, 0.05) is 12.4 Å². The maximum atomic E-state index is 10.7. The second kappa shape index (κ2) is 13.1. The van der Waals surface area contributed by atoms with Crippen LogP contribution in [0.2, 0.25) is 0 Å². The van der Waals surface area contributed by atoms with Gasteiger partial charge >= 0.3 is 0 Å². The van der Waals surface area contributed by atoms with Crippen LogP contribution in [-0.2, 0) is 24.3 Å². The monoisotopic (exact) mass is 384 g/mol. The molecule has 0 amide bonds. The van der Waals surface area contributed by atoms with E-state index in [-0.39, 0.29) is 6.42 Å². The van der Waals surface area contributed by atoms with Crippen LogP contribution in [0.1, 0.15) is 82.5 Å². The number of hydrogen-bond donors (Lipinski definition) is 0. The number of hydrogen-bond acceptors (Lipinski definition) is 2. The maximum Gasteiger partial charge on any atom is 0.256 e. The average Bonchev–Trinajstić information content (AvgIpc) is 3.06. The third-order valence-electron chi connectivity index (χ3n) is 5.32. The summed E-state index contributed by atoms with van der Waals surface area (Å²) in [6, 6.07) is 10.5. The summed E-state index contributed by atoms with van der Waals surface area (Å²) in [5, 5.41) is 10.7. The van der Waals surface area contributed by atoms with Gasteiger partial charge in [0.05, 0.1) is 6.54 Å². The molecular weight excluding hydrogens is 348 g/mol. The molecule has 0 saturated heterocycles. The molecule has 154 valence electrons. The third kappa shape index (κ3) is 8.28. The first-order chi connectivity index (χ1) is 13.7. The van der Waals surface area contributed by atoms with Gasteiger partial charge in [0.1, 0.15) is 18.9 Å². The Hall–Kier alpha value is -2.10. The van der Waals surface area contributed by atoms with E-state index in [9.17, 15) is 9.90 Å². The van der Waals surface area contributed by atoms with Gasteiger partial charge < -0.3 is 9.90 Å².